The van der Waals surface area contributed by atoms with Gasteiger partial charge >= 0.3 is 12.1 Å². The van der Waals surface area contributed by atoms with Gasteiger partial charge in [-0.1, -0.05) is 43.3 Å². The molecule has 0 radical (unpaired) electrons. The summed E-state index contributed by atoms with van der Waals surface area (Å²) in [5.41, 5.74) is 4.88. The number of benzene rings is 1. The molecular formula is C33H43F3N6O6S. The zero-order chi connectivity index (χ0) is 36.0. The molecule has 12 nitrogen and oxygen atoms in total. The first-order valence-electron chi connectivity index (χ1n) is 16.1. The molecule has 2 amide bonds. The van der Waals surface area contributed by atoms with Crippen molar-refractivity contribution in [3.8, 4) is 10.4 Å². The molecule has 2 saturated heterocycles. The summed E-state index contributed by atoms with van der Waals surface area (Å²) < 4.78 is 37.5. The van der Waals surface area contributed by atoms with Gasteiger partial charge in [0.05, 0.1) is 28.2 Å². The molecule has 0 bridgehead atoms. The van der Waals surface area contributed by atoms with Gasteiger partial charge in [-0.05, 0) is 56.8 Å². The number of carbonyl (C=O) groups excluding carboxylic acids is 2. The molecule has 3 aromatic rings. The molecule has 0 unspecified atom stereocenters. The molecule has 2 aliphatic rings. The lowest BCUT2D eigenvalue weighted by Crippen LogP contribution is -2.48. The number of nitrogens with one attached hydrogen (secondary N) is 2. The van der Waals surface area contributed by atoms with Gasteiger partial charge in [0.15, 0.2) is 11.6 Å². The molecule has 49 heavy (non-hydrogen) atoms. The molecule has 0 saturated carbocycles. The van der Waals surface area contributed by atoms with Crippen molar-refractivity contribution < 1.29 is 42.3 Å². The Labute approximate surface area is 286 Å². The van der Waals surface area contributed by atoms with Gasteiger partial charge in [0.1, 0.15) is 12.0 Å². The number of carboxylic acids is 1. The number of aliphatic carboxylic acids is 1. The number of piperidine rings is 1. The number of aliphatic hydroxyl groups is 1. The average Bonchev–Trinajstić information content (AvgIpc) is 3.81. The molecule has 0 spiro atoms. The standard InChI is InChI=1S/C31H42N6O4S.C2HF3O2/c1-18(2)28(26-15-27(35-41-26)36(5)23-10-12-32-13-11-23)31(40)37-16-24(38)14-25(37)30(39)34-19(3)21-6-8-22(9-7-21)29-20(4)33-17-42-29;3-2(4,5)1(6)7/h6-9,15,17-19,23-25,28,32,38H,10-14,16H2,1-5H3,(H,34,39);(H,6,7)/t19-,24+,25-,28+;/m0./s1. The number of anilines is 1. The van der Waals surface area contributed by atoms with Crippen LogP contribution in [0.5, 0.6) is 0 Å². The number of thiazole rings is 1. The van der Waals surface area contributed by atoms with E-state index in [4.69, 9.17) is 14.4 Å². The highest BCUT2D eigenvalue weighted by Crippen LogP contribution is 2.34. The summed E-state index contributed by atoms with van der Waals surface area (Å²) in [4.78, 5) is 45.5. The van der Waals surface area contributed by atoms with Gasteiger partial charge in [-0.25, -0.2) is 9.78 Å². The van der Waals surface area contributed by atoms with Crippen molar-refractivity contribution in [2.24, 2.45) is 5.92 Å². The number of rotatable bonds is 9. The Morgan fingerprint density at radius 2 is 1.78 bits per heavy atom. The van der Waals surface area contributed by atoms with Crippen LogP contribution in [0.25, 0.3) is 10.4 Å². The predicted molar refractivity (Wildman–Crippen MR) is 177 cm³/mol. The molecule has 4 heterocycles. The maximum Gasteiger partial charge on any atom is 0.490 e. The van der Waals surface area contributed by atoms with Gasteiger partial charge in [-0.2, -0.15) is 13.2 Å². The van der Waals surface area contributed by atoms with Gasteiger partial charge < -0.3 is 35.2 Å². The second-order valence-corrected chi connectivity index (χ2v) is 13.6. The van der Waals surface area contributed by atoms with Crippen LogP contribution in [0.3, 0.4) is 0 Å². The molecule has 2 aliphatic heterocycles. The van der Waals surface area contributed by atoms with E-state index in [0.29, 0.717) is 17.6 Å². The Bertz CT molecular complexity index is 1570. The monoisotopic (exact) mass is 708 g/mol. The number of aliphatic hydroxyl groups excluding tert-OH is 1. The van der Waals surface area contributed by atoms with Crippen molar-refractivity contribution in [3.05, 3.63) is 52.9 Å². The fourth-order valence-corrected chi connectivity index (χ4v) is 6.90. The van der Waals surface area contributed by atoms with Crippen molar-refractivity contribution in [2.75, 3.05) is 31.6 Å². The number of alkyl halides is 3. The number of β-amino-alcohol motifs (C(OH)–C–C–N with tert-alkyl or cyclic N) is 1. The minimum absolute atomic E-state index is 0.0939. The van der Waals surface area contributed by atoms with Crippen LogP contribution in [0, 0.1) is 12.8 Å². The molecular weight excluding hydrogens is 665 g/mol. The quantitative estimate of drug-likeness (QED) is 0.249. The van der Waals surface area contributed by atoms with E-state index in [2.05, 4.69) is 25.7 Å². The molecule has 4 N–H and O–H groups in total. The summed E-state index contributed by atoms with van der Waals surface area (Å²) in [5, 5.41) is 28.4. The van der Waals surface area contributed by atoms with Crippen molar-refractivity contribution in [3.63, 3.8) is 0 Å². The molecule has 4 atom stereocenters. The summed E-state index contributed by atoms with van der Waals surface area (Å²) in [6.45, 7) is 9.87. The van der Waals surface area contributed by atoms with Crippen molar-refractivity contribution in [1.82, 2.24) is 25.7 Å². The number of aromatic nitrogens is 2. The summed E-state index contributed by atoms with van der Waals surface area (Å²) in [6, 6.07) is 9.25. The zero-order valence-corrected chi connectivity index (χ0v) is 28.8. The molecule has 0 aliphatic carbocycles. The van der Waals surface area contributed by atoms with Crippen LogP contribution in [-0.2, 0) is 14.4 Å². The minimum atomic E-state index is -5.08. The Hall–Kier alpha value is -4.02. The van der Waals surface area contributed by atoms with Crippen LogP contribution in [0.2, 0.25) is 0 Å². The molecule has 268 valence electrons. The van der Waals surface area contributed by atoms with Crippen molar-refractivity contribution in [2.45, 2.75) is 83.3 Å². The van der Waals surface area contributed by atoms with E-state index < -0.39 is 30.2 Å². The predicted octanol–water partition coefficient (Wildman–Crippen LogP) is 4.51. The topological polar surface area (TPSA) is 161 Å². The van der Waals surface area contributed by atoms with E-state index in [1.54, 1.807) is 11.3 Å². The van der Waals surface area contributed by atoms with Crippen LogP contribution >= 0.6 is 11.3 Å². The Balaban J connectivity index is 0.000000698. The largest absolute Gasteiger partial charge is 0.490 e. The van der Waals surface area contributed by atoms with Crippen molar-refractivity contribution in [1.29, 1.82) is 0 Å². The lowest BCUT2D eigenvalue weighted by molar-refractivity contribution is -0.192. The normalized spacial score (nSPS) is 19.6. The van der Waals surface area contributed by atoms with Gasteiger partial charge in [-0.15, -0.1) is 11.3 Å². The SMILES string of the molecule is Cc1ncsc1-c1ccc([C@H](C)NC(=O)[C@@H]2C[C@@H](O)CN2C(=O)[C@@H](c2cc(N(C)C3CCNCC3)no2)C(C)C)cc1.O=C(O)C(F)(F)F. The fourth-order valence-electron chi connectivity index (χ4n) is 6.09. The second kappa shape index (κ2) is 16.1. The van der Waals surface area contributed by atoms with Crippen LogP contribution in [0.4, 0.5) is 19.0 Å². The van der Waals surface area contributed by atoms with E-state index in [-0.39, 0.29) is 36.7 Å². The minimum Gasteiger partial charge on any atom is -0.475 e. The maximum atomic E-state index is 14.0. The fraction of sp³-hybridized carbons (Fsp3) is 0.545. The summed E-state index contributed by atoms with van der Waals surface area (Å²) in [5.74, 6) is -2.79. The van der Waals surface area contributed by atoms with Gasteiger partial charge in [0, 0.05) is 32.1 Å². The molecule has 2 aromatic heterocycles. The number of halogens is 3. The highest BCUT2D eigenvalue weighted by molar-refractivity contribution is 7.13. The maximum absolute atomic E-state index is 14.0. The van der Waals surface area contributed by atoms with Crippen LogP contribution in [0.1, 0.15) is 69.0 Å². The Kier molecular flexibility index (Phi) is 12.4. The number of nitrogens with zero attached hydrogens (tertiary/aromatic N) is 4. The highest BCUT2D eigenvalue weighted by Gasteiger charge is 2.43. The Morgan fingerprint density at radius 3 is 2.33 bits per heavy atom. The molecule has 16 heteroatoms. The number of hydrogen-bond donors (Lipinski definition) is 4. The summed E-state index contributed by atoms with van der Waals surface area (Å²) in [7, 11) is 2.01. The Morgan fingerprint density at radius 1 is 1.14 bits per heavy atom. The number of carboxylic acid groups (broad SMARTS) is 1. The lowest BCUT2D eigenvalue weighted by atomic mass is 9.91. The van der Waals surface area contributed by atoms with Gasteiger partial charge in [0.2, 0.25) is 11.8 Å². The van der Waals surface area contributed by atoms with Crippen LogP contribution in [-0.4, -0.2) is 94.1 Å². The number of hydrogen-bond acceptors (Lipinski definition) is 10. The first-order valence-corrected chi connectivity index (χ1v) is 17.0. The first kappa shape index (κ1) is 37.8. The van der Waals surface area contributed by atoms with Crippen LogP contribution in [0.15, 0.2) is 40.4 Å². The summed E-state index contributed by atoms with van der Waals surface area (Å²) >= 11 is 1.60. The third-order valence-corrected chi connectivity index (χ3v) is 9.83. The molecule has 1 aromatic carbocycles. The second-order valence-electron chi connectivity index (χ2n) is 12.7. The number of amides is 2. The van der Waals surface area contributed by atoms with Crippen LogP contribution < -0.4 is 15.5 Å². The number of carbonyl (C=O) groups is 3. The van der Waals surface area contributed by atoms with Gasteiger partial charge in [-0.3, -0.25) is 9.59 Å². The molecule has 2 fully saturated rings. The highest BCUT2D eigenvalue weighted by atomic mass is 32.1. The number of aryl methyl sites for hydroxylation is 1. The third-order valence-electron chi connectivity index (χ3n) is 8.86. The van der Waals surface area contributed by atoms with Crippen molar-refractivity contribution >= 4 is 34.9 Å². The van der Waals surface area contributed by atoms with E-state index in [1.807, 2.05) is 70.6 Å². The van der Waals surface area contributed by atoms with E-state index >= 15 is 0 Å². The van der Waals surface area contributed by atoms with E-state index in [1.165, 1.54) is 4.90 Å². The molecule has 5 rings (SSSR count). The zero-order valence-electron chi connectivity index (χ0n) is 28.0. The van der Waals surface area contributed by atoms with Gasteiger partial charge in [0.25, 0.3) is 0 Å². The van der Waals surface area contributed by atoms with E-state index in [0.717, 1.165) is 47.6 Å². The third kappa shape index (κ3) is 9.36. The number of likely N-dealkylation sites (tertiary alicyclic amines) is 1. The smallest absolute Gasteiger partial charge is 0.475 e. The first-order chi connectivity index (χ1) is 23.1. The lowest BCUT2D eigenvalue weighted by Gasteiger charge is -2.31. The summed E-state index contributed by atoms with van der Waals surface area (Å²) in [6.07, 6.45) is -3.63. The average molecular weight is 709 g/mol. The van der Waals surface area contributed by atoms with E-state index in [9.17, 15) is 27.9 Å².